The maximum atomic E-state index is 11.8. The number of carbonyl (C=O) groups is 1. The number of hydrogen-bond donors (Lipinski definition) is 0. The van der Waals surface area contributed by atoms with E-state index in [0.717, 1.165) is 45.4 Å². The Bertz CT molecular complexity index is 210. The van der Waals surface area contributed by atoms with Crippen LogP contribution in [0.2, 0.25) is 0 Å². The van der Waals surface area contributed by atoms with Crippen LogP contribution in [0.15, 0.2) is 0 Å². The Morgan fingerprint density at radius 1 is 1.36 bits per heavy atom. The van der Waals surface area contributed by atoms with Crippen molar-refractivity contribution in [3.63, 3.8) is 0 Å². The lowest BCUT2D eigenvalue weighted by Gasteiger charge is -2.22. The smallest absolute Gasteiger partial charge is 0.243 e. The van der Waals surface area contributed by atoms with Gasteiger partial charge in [0.25, 0.3) is 0 Å². The van der Waals surface area contributed by atoms with Gasteiger partial charge < -0.3 is 9.64 Å². The summed E-state index contributed by atoms with van der Waals surface area (Å²) in [6, 6.07) is 0. The van der Waals surface area contributed by atoms with E-state index in [4.69, 9.17) is 16.3 Å². The maximum Gasteiger partial charge on any atom is 0.243 e. The minimum absolute atomic E-state index is 0.0511. The van der Waals surface area contributed by atoms with Gasteiger partial charge in [-0.25, -0.2) is 0 Å². The van der Waals surface area contributed by atoms with Crippen LogP contribution < -0.4 is 0 Å². The molecule has 80 valence electrons. The third-order valence-electron chi connectivity index (χ3n) is 2.94. The zero-order chi connectivity index (χ0) is 9.97. The molecule has 0 radical (unpaired) electrons. The summed E-state index contributed by atoms with van der Waals surface area (Å²) in [7, 11) is 0. The summed E-state index contributed by atoms with van der Waals surface area (Å²) in [5, 5.41) is -0.462. The molecule has 1 amide bonds. The van der Waals surface area contributed by atoms with E-state index in [-0.39, 0.29) is 12.0 Å². The molecule has 14 heavy (non-hydrogen) atoms. The molecule has 0 N–H and O–H groups in total. The molecule has 0 aromatic carbocycles. The number of halogens is 1. The first-order valence-corrected chi connectivity index (χ1v) is 5.77. The summed E-state index contributed by atoms with van der Waals surface area (Å²) in [5.41, 5.74) is 0. The van der Waals surface area contributed by atoms with Gasteiger partial charge in [-0.1, -0.05) is 0 Å². The van der Waals surface area contributed by atoms with E-state index >= 15 is 0 Å². The van der Waals surface area contributed by atoms with Gasteiger partial charge in [0.1, 0.15) is 5.38 Å². The number of nitrogens with zero attached hydrogens (tertiary/aromatic N) is 1. The maximum absolute atomic E-state index is 11.8. The standard InChI is InChI=1S/C10H16ClNO2/c11-9(8-4-3-7-14-8)10(13)12-5-1-2-6-12/h8-9H,1-7H2. The van der Waals surface area contributed by atoms with Crippen molar-refractivity contribution >= 4 is 17.5 Å². The van der Waals surface area contributed by atoms with Gasteiger partial charge in [-0.2, -0.15) is 0 Å². The van der Waals surface area contributed by atoms with E-state index < -0.39 is 5.38 Å². The molecule has 0 spiro atoms. The van der Waals surface area contributed by atoms with Gasteiger partial charge in [-0.05, 0) is 25.7 Å². The number of rotatable bonds is 2. The molecule has 2 unspecified atom stereocenters. The van der Waals surface area contributed by atoms with Crippen LogP contribution in [-0.2, 0) is 9.53 Å². The second kappa shape index (κ2) is 4.49. The van der Waals surface area contributed by atoms with E-state index in [9.17, 15) is 4.79 Å². The normalized spacial score (nSPS) is 29.5. The predicted octanol–water partition coefficient (Wildman–Crippen LogP) is 1.40. The zero-order valence-electron chi connectivity index (χ0n) is 8.25. The minimum Gasteiger partial charge on any atom is -0.376 e. The van der Waals surface area contributed by atoms with Gasteiger partial charge in [-0.3, -0.25) is 4.79 Å². The van der Waals surface area contributed by atoms with Crippen LogP contribution in [0.5, 0.6) is 0 Å². The second-order valence-electron chi connectivity index (χ2n) is 3.99. The lowest BCUT2D eigenvalue weighted by molar-refractivity contribution is -0.131. The van der Waals surface area contributed by atoms with Crippen LogP contribution in [-0.4, -0.2) is 42.0 Å². The summed E-state index contributed by atoms with van der Waals surface area (Å²) < 4.78 is 5.42. The van der Waals surface area contributed by atoms with Gasteiger partial charge >= 0.3 is 0 Å². The van der Waals surface area contributed by atoms with Crippen molar-refractivity contribution in [2.75, 3.05) is 19.7 Å². The number of amides is 1. The van der Waals surface area contributed by atoms with Crippen molar-refractivity contribution < 1.29 is 9.53 Å². The van der Waals surface area contributed by atoms with Crippen LogP contribution in [0.1, 0.15) is 25.7 Å². The van der Waals surface area contributed by atoms with Crippen LogP contribution in [0.25, 0.3) is 0 Å². The topological polar surface area (TPSA) is 29.5 Å². The van der Waals surface area contributed by atoms with Crippen LogP contribution in [0, 0.1) is 0 Å². The monoisotopic (exact) mass is 217 g/mol. The van der Waals surface area contributed by atoms with Crippen molar-refractivity contribution in [2.45, 2.75) is 37.2 Å². The molecule has 3 nitrogen and oxygen atoms in total. The average molecular weight is 218 g/mol. The molecule has 2 heterocycles. The van der Waals surface area contributed by atoms with E-state index in [2.05, 4.69) is 0 Å². The number of carbonyl (C=O) groups excluding carboxylic acids is 1. The third-order valence-corrected chi connectivity index (χ3v) is 3.41. The van der Waals surface area contributed by atoms with E-state index in [1.165, 1.54) is 0 Å². The fourth-order valence-electron chi connectivity index (χ4n) is 2.10. The largest absolute Gasteiger partial charge is 0.376 e. The Kier molecular flexibility index (Phi) is 3.29. The van der Waals surface area contributed by atoms with E-state index in [0.29, 0.717) is 0 Å². The average Bonchev–Trinajstić information content (AvgIpc) is 2.87. The van der Waals surface area contributed by atoms with Gasteiger partial charge in [0, 0.05) is 19.7 Å². The van der Waals surface area contributed by atoms with Gasteiger partial charge in [-0.15, -0.1) is 11.6 Å². The van der Waals surface area contributed by atoms with Crippen LogP contribution >= 0.6 is 11.6 Å². The van der Waals surface area contributed by atoms with E-state index in [1.54, 1.807) is 0 Å². The fourth-order valence-corrected chi connectivity index (χ4v) is 2.44. The van der Waals surface area contributed by atoms with Crippen molar-refractivity contribution in [1.29, 1.82) is 0 Å². The Morgan fingerprint density at radius 3 is 2.64 bits per heavy atom. The molecule has 2 fully saturated rings. The fraction of sp³-hybridized carbons (Fsp3) is 0.900. The lowest BCUT2D eigenvalue weighted by atomic mass is 10.1. The predicted molar refractivity (Wildman–Crippen MR) is 54.4 cm³/mol. The summed E-state index contributed by atoms with van der Waals surface area (Å²) in [6.07, 6.45) is 4.13. The third kappa shape index (κ3) is 2.04. The minimum atomic E-state index is -0.462. The lowest BCUT2D eigenvalue weighted by Crippen LogP contribution is -2.40. The van der Waals surface area contributed by atoms with Crippen LogP contribution in [0.4, 0.5) is 0 Å². The first kappa shape index (κ1) is 10.2. The summed E-state index contributed by atoms with van der Waals surface area (Å²) in [5.74, 6) is 0.0658. The SMILES string of the molecule is O=C(C(Cl)C1CCCO1)N1CCCC1. The summed E-state index contributed by atoms with van der Waals surface area (Å²) in [4.78, 5) is 13.7. The molecule has 0 bridgehead atoms. The molecule has 0 aliphatic carbocycles. The Balaban J connectivity index is 1.89. The zero-order valence-corrected chi connectivity index (χ0v) is 9.00. The first-order chi connectivity index (χ1) is 6.79. The Morgan fingerprint density at radius 2 is 2.07 bits per heavy atom. The Labute approximate surface area is 89.4 Å². The van der Waals surface area contributed by atoms with E-state index in [1.807, 2.05) is 4.90 Å². The molecule has 2 rings (SSSR count). The van der Waals surface area contributed by atoms with Crippen molar-refractivity contribution in [1.82, 2.24) is 4.90 Å². The van der Waals surface area contributed by atoms with Crippen molar-refractivity contribution in [3.8, 4) is 0 Å². The van der Waals surface area contributed by atoms with Crippen molar-refractivity contribution in [2.24, 2.45) is 0 Å². The molecule has 2 aliphatic rings. The summed E-state index contributed by atoms with van der Waals surface area (Å²) in [6.45, 7) is 2.49. The highest BCUT2D eigenvalue weighted by molar-refractivity contribution is 6.31. The number of hydrogen-bond acceptors (Lipinski definition) is 2. The molecule has 2 atom stereocenters. The molecule has 2 saturated heterocycles. The van der Waals surface area contributed by atoms with Crippen molar-refractivity contribution in [3.05, 3.63) is 0 Å². The highest BCUT2D eigenvalue weighted by Gasteiger charge is 2.33. The number of ether oxygens (including phenoxy) is 1. The number of likely N-dealkylation sites (tertiary alicyclic amines) is 1. The molecule has 0 aromatic rings. The number of alkyl halides is 1. The van der Waals surface area contributed by atoms with Gasteiger partial charge in [0.05, 0.1) is 6.10 Å². The van der Waals surface area contributed by atoms with Crippen LogP contribution in [0.3, 0.4) is 0 Å². The highest BCUT2D eigenvalue weighted by atomic mass is 35.5. The molecule has 0 saturated carbocycles. The molecular weight excluding hydrogens is 202 g/mol. The second-order valence-corrected chi connectivity index (χ2v) is 4.46. The molecule has 2 aliphatic heterocycles. The Hall–Kier alpha value is -0.280. The first-order valence-electron chi connectivity index (χ1n) is 5.33. The molecule has 0 aromatic heterocycles. The quantitative estimate of drug-likeness (QED) is 0.655. The molecular formula is C10H16ClNO2. The van der Waals surface area contributed by atoms with Gasteiger partial charge in [0.2, 0.25) is 5.91 Å². The summed E-state index contributed by atoms with van der Waals surface area (Å²) >= 11 is 6.10. The van der Waals surface area contributed by atoms with Gasteiger partial charge in [0.15, 0.2) is 0 Å². The molecule has 4 heteroatoms. The highest BCUT2D eigenvalue weighted by Crippen LogP contribution is 2.22.